The lowest BCUT2D eigenvalue weighted by atomic mass is 10.1. The maximum Gasteiger partial charge on any atom is 0.257 e. The smallest absolute Gasteiger partial charge is 0.257 e. The zero-order valence-corrected chi connectivity index (χ0v) is 15.4. The van der Waals surface area contributed by atoms with Crippen molar-refractivity contribution in [3.05, 3.63) is 95.3 Å². The van der Waals surface area contributed by atoms with E-state index in [1.165, 1.54) is 30.5 Å². The molecule has 7 heteroatoms. The largest absolute Gasteiger partial charge is 0.320 e. The van der Waals surface area contributed by atoms with Crippen LogP contribution in [0.5, 0.6) is 0 Å². The Bertz CT molecular complexity index is 1240. The maximum absolute atomic E-state index is 13.1. The Morgan fingerprint density at radius 1 is 0.966 bits per heavy atom. The molecule has 0 atom stereocenters. The summed E-state index contributed by atoms with van der Waals surface area (Å²) >= 11 is 0. The number of carbonyl (C=O) groups excluding carboxylic acids is 2. The van der Waals surface area contributed by atoms with E-state index in [0.717, 1.165) is 5.39 Å². The molecular weight excluding hydrogens is 371 g/mol. The first-order valence-corrected chi connectivity index (χ1v) is 8.82. The Morgan fingerprint density at radius 2 is 1.69 bits per heavy atom. The van der Waals surface area contributed by atoms with Crippen LogP contribution in [0.1, 0.15) is 32.1 Å². The highest BCUT2D eigenvalue weighted by Gasteiger charge is 2.19. The molecule has 4 aromatic rings. The fourth-order valence-corrected chi connectivity index (χ4v) is 2.94. The van der Waals surface area contributed by atoms with E-state index in [-0.39, 0.29) is 16.9 Å². The Labute approximate surface area is 165 Å². The molecule has 1 N–H and O–H groups in total. The molecule has 0 aliphatic heterocycles. The highest BCUT2D eigenvalue weighted by Crippen LogP contribution is 2.20. The molecule has 4 rings (SSSR count). The number of amides is 1. The highest BCUT2D eigenvalue weighted by atomic mass is 19.1. The standard InChI is InChI=1S/C22H15FN4O2/c1-13-17(12-15-4-2-11-25-21(15)26-13)22(29)27-18-5-3-10-24-19(18)20(28)14-6-8-16(23)9-7-14/h2-12H,1H3,(H,27,29). The number of benzene rings is 1. The van der Waals surface area contributed by atoms with Crippen LogP contribution in [0, 0.1) is 12.7 Å². The van der Waals surface area contributed by atoms with Crippen LogP contribution in [0.25, 0.3) is 11.0 Å². The lowest BCUT2D eigenvalue weighted by Crippen LogP contribution is -2.17. The molecule has 0 saturated heterocycles. The van der Waals surface area contributed by atoms with Crippen molar-refractivity contribution in [3.63, 3.8) is 0 Å². The van der Waals surface area contributed by atoms with Crippen molar-refractivity contribution in [2.75, 3.05) is 5.32 Å². The van der Waals surface area contributed by atoms with Gasteiger partial charge in [-0.2, -0.15) is 0 Å². The van der Waals surface area contributed by atoms with Crippen molar-refractivity contribution in [2.45, 2.75) is 6.92 Å². The van der Waals surface area contributed by atoms with Gasteiger partial charge in [-0.05, 0) is 61.5 Å². The summed E-state index contributed by atoms with van der Waals surface area (Å²) in [6.45, 7) is 1.72. The predicted octanol–water partition coefficient (Wildman–Crippen LogP) is 3.96. The SMILES string of the molecule is Cc1nc2ncccc2cc1C(=O)Nc1cccnc1C(=O)c1ccc(F)cc1. The number of nitrogens with zero attached hydrogens (tertiary/aromatic N) is 3. The number of anilines is 1. The number of nitrogens with one attached hydrogen (secondary N) is 1. The average molecular weight is 386 g/mol. The fourth-order valence-electron chi connectivity index (χ4n) is 2.94. The second-order valence-electron chi connectivity index (χ2n) is 6.36. The molecule has 0 fully saturated rings. The molecule has 6 nitrogen and oxygen atoms in total. The normalized spacial score (nSPS) is 10.7. The van der Waals surface area contributed by atoms with E-state index >= 15 is 0 Å². The number of pyridine rings is 3. The summed E-state index contributed by atoms with van der Waals surface area (Å²) in [5, 5.41) is 3.47. The Morgan fingerprint density at radius 3 is 2.48 bits per heavy atom. The van der Waals surface area contributed by atoms with Gasteiger partial charge < -0.3 is 5.32 Å². The van der Waals surface area contributed by atoms with Crippen LogP contribution in [0.4, 0.5) is 10.1 Å². The summed E-state index contributed by atoms with van der Waals surface area (Å²) in [5.41, 5.74) is 2.04. The van der Waals surface area contributed by atoms with Crippen LogP contribution in [-0.2, 0) is 0 Å². The van der Waals surface area contributed by atoms with E-state index in [4.69, 9.17) is 0 Å². The zero-order valence-electron chi connectivity index (χ0n) is 15.4. The number of hydrogen-bond donors (Lipinski definition) is 1. The molecule has 3 aromatic heterocycles. The minimum Gasteiger partial charge on any atom is -0.320 e. The zero-order chi connectivity index (χ0) is 20.4. The Balaban J connectivity index is 1.67. The van der Waals surface area contributed by atoms with Crippen molar-refractivity contribution < 1.29 is 14.0 Å². The van der Waals surface area contributed by atoms with Crippen LogP contribution < -0.4 is 5.32 Å². The van der Waals surface area contributed by atoms with Crippen molar-refractivity contribution in [2.24, 2.45) is 0 Å². The number of fused-ring (bicyclic) bond motifs is 1. The fraction of sp³-hybridized carbons (Fsp3) is 0.0455. The Kier molecular flexibility index (Phi) is 4.78. The first-order chi connectivity index (χ1) is 14.0. The molecule has 29 heavy (non-hydrogen) atoms. The summed E-state index contributed by atoms with van der Waals surface area (Å²) in [6, 6.07) is 13.7. The van der Waals surface area contributed by atoms with E-state index in [0.29, 0.717) is 16.9 Å². The number of hydrogen-bond acceptors (Lipinski definition) is 5. The number of rotatable bonds is 4. The van der Waals surface area contributed by atoms with E-state index < -0.39 is 17.5 Å². The molecule has 0 aliphatic rings. The third-order valence-corrected chi connectivity index (χ3v) is 4.40. The van der Waals surface area contributed by atoms with E-state index in [2.05, 4.69) is 20.3 Å². The van der Waals surface area contributed by atoms with E-state index in [1.54, 1.807) is 37.4 Å². The van der Waals surface area contributed by atoms with Gasteiger partial charge in [0, 0.05) is 23.3 Å². The number of aryl methyl sites for hydroxylation is 1. The van der Waals surface area contributed by atoms with E-state index in [9.17, 15) is 14.0 Å². The third kappa shape index (κ3) is 3.70. The highest BCUT2D eigenvalue weighted by molar-refractivity contribution is 6.14. The van der Waals surface area contributed by atoms with Gasteiger partial charge in [-0.3, -0.25) is 14.6 Å². The van der Waals surface area contributed by atoms with Crippen LogP contribution in [0.2, 0.25) is 0 Å². The summed E-state index contributed by atoms with van der Waals surface area (Å²) < 4.78 is 13.1. The summed E-state index contributed by atoms with van der Waals surface area (Å²) in [5.74, 6) is -1.27. The second kappa shape index (κ2) is 7.55. The van der Waals surface area contributed by atoms with Crippen molar-refractivity contribution in [3.8, 4) is 0 Å². The van der Waals surface area contributed by atoms with Crippen molar-refractivity contribution >= 4 is 28.4 Å². The van der Waals surface area contributed by atoms with Gasteiger partial charge in [0.25, 0.3) is 5.91 Å². The molecule has 0 spiro atoms. The van der Waals surface area contributed by atoms with Gasteiger partial charge in [0.2, 0.25) is 5.78 Å². The molecule has 0 radical (unpaired) electrons. The number of carbonyl (C=O) groups is 2. The molecule has 1 amide bonds. The van der Waals surface area contributed by atoms with E-state index in [1.807, 2.05) is 6.07 Å². The molecule has 0 aliphatic carbocycles. The Hall–Kier alpha value is -4.00. The number of halogens is 1. The van der Waals surface area contributed by atoms with Crippen LogP contribution in [0.15, 0.2) is 67.0 Å². The summed E-state index contributed by atoms with van der Waals surface area (Å²) in [4.78, 5) is 38.3. The third-order valence-electron chi connectivity index (χ3n) is 4.40. The topological polar surface area (TPSA) is 84.8 Å². The summed E-state index contributed by atoms with van der Waals surface area (Å²) in [7, 11) is 0. The predicted molar refractivity (Wildman–Crippen MR) is 106 cm³/mol. The number of ketones is 1. The molecule has 0 saturated carbocycles. The molecule has 142 valence electrons. The minimum absolute atomic E-state index is 0.0699. The first-order valence-electron chi connectivity index (χ1n) is 8.82. The lowest BCUT2D eigenvalue weighted by molar-refractivity contribution is 0.102. The van der Waals surface area contributed by atoms with Crippen LogP contribution >= 0.6 is 0 Å². The van der Waals surface area contributed by atoms with Crippen molar-refractivity contribution in [1.29, 1.82) is 0 Å². The molecular formula is C22H15FN4O2. The van der Waals surface area contributed by atoms with Gasteiger partial charge in [0.05, 0.1) is 16.9 Å². The number of aromatic nitrogens is 3. The monoisotopic (exact) mass is 386 g/mol. The summed E-state index contributed by atoms with van der Waals surface area (Å²) in [6.07, 6.45) is 3.10. The first kappa shape index (κ1) is 18.4. The molecule has 0 bridgehead atoms. The molecule has 0 unspecified atom stereocenters. The van der Waals surface area contributed by atoms with Gasteiger partial charge in [-0.1, -0.05) is 0 Å². The van der Waals surface area contributed by atoms with Gasteiger partial charge in [-0.25, -0.2) is 14.4 Å². The quantitative estimate of drug-likeness (QED) is 0.537. The van der Waals surface area contributed by atoms with Crippen LogP contribution in [-0.4, -0.2) is 26.6 Å². The maximum atomic E-state index is 13.1. The van der Waals surface area contributed by atoms with Gasteiger partial charge in [0.15, 0.2) is 5.65 Å². The second-order valence-corrected chi connectivity index (χ2v) is 6.36. The van der Waals surface area contributed by atoms with Gasteiger partial charge in [-0.15, -0.1) is 0 Å². The van der Waals surface area contributed by atoms with Crippen molar-refractivity contribution in [1.82, 2.24) is 15.0 Å². The molecule has 3 heterocycles. The minimum atomic E-state index is -0.440. The van der Waals surface area contributed by atoms with Gasteiger partial charge in [0.1, 0.15) is 11.5 Å². The van der Waals surface area contributed by atoms with Gasteiger partial charge >= 0.3 is 0 Å². The van der Waals surface area contributed by atoms with Crippen LogP contribution in [0.3, 0.4) is 0 Å². The lowest BCUT2D eigenvalue weighted by Gasteiger charge is -2.11. The average Bonchev–Trinajstić information content (AvgIpc) is 2.73. The molecule has 1 aromatic carbocycles.